The van der Waals surface area contributed by atoms with Crippen LogP contribution in [0, 0.1) is 5.92 Å². The zero-order chi connectivity index (χ0) is 11.5. The molecule has 15 heavy (non-hydrogen) atoms. The van der Waals surface area contributed by atoms with Gasteiger partial charge in [0.2, 0.25) is 0 Å². The highest BCUT2D eigenvalue weighted by Crippen LogP contribution is 2.10. The molecule has 7 heteroatoms. The molecule has 0 aliphatic rings. The fourth-order valence-corrected chi connectivity index (χ4v) is 3.83. The fourth-order valence-electron chi connectivity index (χ4n) is 1.00. The number of aromatic nitrogens is 2. The Bertz CT molecular complexity index is 388. The molecule has 1 heterocycles. The van der Waals surface area contributed by atoms with Crippen LogP contribution < -0.4 is 4.72 Å². The molecule has 0 saturated carbocycles. The topological polar surface area (TPSA) is 74.8 Å². The minimum atomic E-state index is -3.45. The van der Waals surface area contributed by atoms with E-state index in [2.05, 4.69) is 37.5 Å². The molecule has 0 spiro atoms. The first-order valence-electron chi connectivity index (χ1n) is 4.55. The monoisotopic (exact) mass is 343 g/mol. The third-order valence-electron chi connectivity index (χ3n) is 2.04. The molecule has 86 valence electrons. The number of hydrogen-bond donors (Lipinski definition) is 2. The van der Waals surface area contributed by atoms with Gasteiger partial charge >= 0.3 is 0 Å². The second-order valence-electron chi connectivity index (χ2n) is 3.55. The van der Waals surface area contributed by atoms with Gasteiger partial charge in [0.25, 0.3) is 10.0 Å². The van der Waals surface area contributed by atoms with Gasteiger partial charge in [-0.25, -0.2) is 13.1 Å². The first-order chi connectivity index (χ1) is 6.97. The van der Waals surface area contributed by atoms with E-state index in [0.29, 0.717) is 0 Å². The molecule has 0 aromatic carbocycles. The normalized spacial score (nSPS) is 14.4. The summed E-state index contributed by atoms with van der Waals surface area (Å²) in [6.07, 6.45) is 1.42. The Labute approximate surface area is 103 Å². The van der Waals surface area contributed by atoms with Crippen LogP contribution in [0.25, 0.3) is 0 Å². The van der Waals surface area contributed by atoms with E-state index in [0.717, 1.165) is 4.43 Å². The molecule has 1 unspecified atom stereocenters. The third-order valence-corrected chi connectivity index (χ3v) is 4.41. The van der Waals surface area contributed by atoms with Crippen LogP contribution >= 0.6 is 22.6 Å². The number of sulfonamides is 1. The molecular weight excluding hydrogens is 329 g/mol. The second-order valence-corrected chi connectivity index (χ2v) is 6.11. The molecule has 0 aliphatic heterocycles. The number of halogens is 1. The van der Waals surface area contributed by atoms with Crippen LogP contribution in [0.3, 0.4) is 0 Å². The van der Waals surface area contributed by atoms with Crippen LogP contribution in [0.2, 0.25) is 0 Å². The standard InChI is InChI=1S/C8H14IN3O2S/c1-6(2)7(5-9)12-15(13,14)8-3-4-10-11-8/h3-4,6-7,12H,5H2,1-2H3,(H,10,11). The molecule has 0 amide bonds. The van der Waals surface area contributed by atoms with Crippen LogP contribution in [0.4, 0.5) is 0 Å². The molecule has 2 N–H and O–H groups in total. The van der Waals surface area contributed by atoms with Gasteiger partial charge in [0.1, 0.15) is 0 Å². The largest absolute Gasteiger partial charge is 0.266 e. The van der Waals surface area contributed by atoms with Gasteiger partial charge in [-0.15, -0.1) is 0 Å². The van der Waals surface area contributed by atoms with Crippen molar-refractivity contribution in [2.75, 3.05) is 4.43 Å². The molecule has 0 bridgehead atoms. The van der Waals surface area contributed by atoms with Crippen LogP contribution in [0.1, 0.15) is 13.8 Å². The summed E-state index contributed by atoms with van der Waals surface area (Å²) in [5, 5.41) is 6.17. The van der Waals surface area contributed by atoms with E-state index < -0.39 is 10.0 Å². The van der Waals surface area contributed by atoms with Crippen LogP contribution in [-0.4, -0.2) is 29.1 Å². The minimum Gasteiger partial charge on any atom is -0.266 e. The number of hydrogen-bond acceptors (Lipinski definition) is 3. The molecule has 1 aromatic rings. The van der Waals surface area contributed by atoms with Crippen molar-refractivity contribution in [1.29, 1.82) is 0 Å². The highest BCUT2D eigenvalue weighted by atomic mass is 127. The van der Waals surface area contributed by atoms with E-state index in [4.69, 9.17) is 0 Å². The first kappa shape index (κ1) is 12.9. The zero-order valence-electron chi connectivity index (χ0n) is 8.57. The molecule has 1 rings (SSSR count). The van der Waals surface area contributed by atoms with Gasteiger partial charge in [0.05, 0.1) is 6.20 Å². The van der Waals surface area contributed by atoms with Gasteiger partial charge in [0, 0.05) is 10.5 Å². The van der Waals surface area contributed by atoms with Crippen molar-refractivity contribution in [3.8, 4) is 0 Å². The van der Waals surface area contributed by atoms with Gasteiger partial charge in [-0.1, -0.05) is 36.4 Å². The number of nitrogens with zero attached hydrogens (tertiary/aromatic N) is 1. The summed E-state index contributed by atoms with van der Waals surface area (Å²) in [5.74, 6) is 0.264. The summed E-state index contributed by atoms with van der Waals surface area (Å²) >= 11 is 2.17. The van der Waals surface area contributed by atoms with Crippen molar-refractivity contribution >= 4 is 32.6 Å². The predicted octanol–water partition coefficient (Wildman–Crippen LogP) is 1.15. The van der Waals surface area contributed by atoms with E-state index in [1.807, 2.05) is 13.8 Å². The van der Waals surface area contributed by atoms with Crippen LogP contribution in [0.5, 0.6) is 0 Å². The highest BCUT2D eigenvalue weighted by Gasteiger charge is 2.22. The molecule has 0 radical (unpaired) electrons. The maximum atomic E-state index is 11.8. The van der Waals surface area contributed by atoms with Gasteiger partial charge in [0.15, 0.2) is 5.03 Å². The zero-order valence-corrected chi connectivity index (χ0v) is 11.5. The van der Waals surface area contributed by atoms with Crippen molar-refractivity contribution in [2.45, 2.75) is 24.9 Å². The summed E-state index contributed by atoms with van der Waals surface area (Å²) < 4.78 is 26.9. The Morgan fingerprint density at radius 3 is 2.67 bits per heavy atom. The lowest BCUT2D eigenvalue weighted by Crippen LogP contribution is -2.39. The van der Waals surface area contributed by atoms with Gasteiger partial charge in [-0.05, 0) is 12.0 Å². The van der Waals surface area contributed by atoms with Gasteiger partial charge < -0.3 is 0 Å². The van der Waals surface area contributed by atoms with Crippen LogP contribution in [-0.2, 0) is 10.0 Å². The lowest BCUT2D eigenvalue weighted by atomic mass is 10.1. The highest BCUT2D eigenvalue weighted by molar-refractivity contribution is 14.1. The Hall–Kier alpha value is -0.150. The van der Waals surface area contributed by atoms with Gasteiger partial charge in [-0.2, -0.15) is 5.10 Å². The number of H-pyrrole nitrogens is 1. The first-order valence-corrected chi connectivity index (χ1v) is 7.56. The lowest BCUT2D eigenvalue weighted by Gasteiger charge is -2.19. The Morgan fingerprint density at radius 1 is 1.60 bits per heavy atom. The molecule has 0 aliphatic carbocycles. The quantitative estimate of drug-likeness (QED) is 0.622. The number of nitrogens with one attached hydrogen (secondary N) is 2. The number of aromatic amines is 1. The van der Waals surface area contributed by atoms with E-state index in [1.165, 1.54) is 12.3 Å². The molecular formula is C8H14IN3O2S. The predicted molar refractivity (Wildman–Crippen MR) is 66.4 cm³/mol. The summed E-state index contributed by atoms with van der Waals surface area (Å²) in [7, 11) is -3.45. The maximum Gasteiger partial charge on any atom is 0.257 e. The van der Waals surface area contributed by atoms with E-state index in [-0.39, 0.29) is 17.0 Å². The third kappa shape index (κ3) is 3.42. The summed E-state index contributed by atoms with van der Waals surface area (Å²) in [6.45, 7) is 3.97. The fraction of sp³-hybridized carbons (Fsp3) is 0.625. The van der Waals surface area contributed by atoms with Gasteiger partial charge in [-0.3, -0.25) is 5.10 Å². The van der Waals surface area contributed by atoms with Crippen LogP contribution in [0.15, 0.2) is 17.3 Å². The lowest BCUT2D eigenvalue weighted by molar-refractivity contribution is 0.484. The number of rotatable bonds is 5. The van der Waals surface area contributed by atoms with Crippen molar-refractivity contribution in [2.24, 2.45) is 5.92 Å². The molecule has 0 fully saturated rings. The summed E-state index contributed by atoms with van der Waals surface area (Å²) in [4.78, 5) is 0. The van der Waals surface area contributed by atoms with E-state index >= 15 is 0 Å². The van der Waals surface area contributed by atoms with Crippen molar-refractivity contribution < 1.29 is 8.42 Å². The van der Waals surface area contributed by atoms with E-state index in [9.17, 15) is 8.42 Å². The van der Waals surface area contributed by atoms with Crippen molar-refractivity contribution in [3.63, 3.8) is 0 Å². The average molecular weight is 343 g/mol. The molecule has 5 nitrogen and oxygen atoms in total. The molecule has 0 saturated heterocycles. The summed E-state index contributed by atoms with van der Waals surface area (Å²) in [6, 6.07) is 1.38. The Kier molecular flexibility index (Phi) is 4.53. The maximum absolute atomic E-state index is 11.8. The Balaban J connectivity index is 2.81. The van der Waals surface area contributed by atoms with Crippen molar-refractivity contribution in [3.05, 3.63) is 12.3 Å². The number of alkyl halides is 1. The molecule has 1 aromatic heterocycles. The SMILES string of the molecule is CC(C)C(CI)NS(=O)(=O)c1ccn[nH]1. The summed E-state index contributed by atoms with van der Waals surface area (Å²) in [5.41, 5.74) is 0. The van der Waals surface area contributed by atoms with E-state index in [1.54, 1.807) is 0 Å². The minimum absolute atomic E-state index is 0.0566. The smallest absolute Gasteiger partial charge is 0.257 e. The average Bonchev–Trinajstić information content (AvgIpc) is 2.67. The Morgan fingerprint density at radius 2 is 2.27 bits per heavy atom. The molecule has 1 atom stereocenters. The second kappa shape index (κ2) is 5.26. The van der Waals surface area contributed by atoms with Crippen molar-refractivity contribution in [1.82, 2.24) is 14.9 Å².